The number of aromatic carboxylic acids is 2. The molecule has 0 saturated carbocycles. The fourth-order valence-corrected chi connectivity index (χ4v) is 8.95. The molecule has 10 nitrogen and oxygen atoms in total. The van der Waals surface area contributed by atoms with Crippen LogP contribution in [0.15, 0.2) is 174 Å². The SMILES string of the molecule is O=C(O)c1cccc(CCc2cccc(NS(=O)(=O)c3cccc(C(F)(F)F)c3)c2)c1.O=C(O)c1cccc(CCc2cccc(NS(=O)(=O)c3cccc4ccccc34)c2)c1. The summed E-state index contributed by atoms with van der Waals surface area (Å²) in [5.74, 6) is -1.97. The maximum atomic E-state index is 13.0. The Morgan fingerprint density at radius 1 is 0.484 bits per heavy atom. The number of rotatable bonds is 14. The highest BCUT2D eigenvalue weighted by Gasteiger charge is 2.31. The zero-order chi connectivity index (χ0) is 44.5. The Bertz CT molecular complexity index is 2970. The standard InChI is InChI=1S/C25H21NO4S.C22H18F3NO4S/c27-25(28)21-10-3-6-18(16-21)14-15-19-7-4-11-22(17-19)26-31(29,30)24-13-5-9-20-8-1-2-12-23(20)24;23-22(24,25)18-7-3-9-20(14-18)31(29,30)26-19-8-2-5-16(13-19)11-10-15-4-1-6-17(12-15)21(27)28/h1-13,16-17,26H,14-15H2,(H,27,28);1-9,12-14,26H,10-11H2,(H,27,28). The molecule has 0 aromatic heterocycles. The number of benzene rings is 7. The summed E-state index contributed by atoms with van der Waals surface area (Å²) < 4.78 is 94.8. The molecular weight excluding hydrogens is 842 g/mol. The van der Waals surface area contributed by atoms with E-state index in [4.69, 9.17) is 10.2 Å². The molecule has 0 heterocycles. The number of carboxylic acids is 2. The Morgan fingerprint density at radius 2 is 0.919 bits per heavy atom. The second kappa shape index (κ2) is 19.2. The van der Waals surface area contributed by atoms with Gasteiger partial charge in [0, 0.05) is 16.8 Å². The van der Waals surface area contributed by atoms with E-state index in [1.165, 1.54) is 12.1 Å². The lowest BCUT2D eigenvalue weighted by atomic mass is 10.0. The number of hydrogen-bond donors (Lipinski definition) is 4. The molecule has 318 valence electrons. The van der Waals surface area contributed by atoms with Crippen LogP contribution in [0.25, 0.3) is 10.8 Å². The average Bonchev–Trinajstić information content (AvgIpc) is 3.25. The third-order valence-corrected chi connectivity index (χ3v) is 12.4. The highest BCUT2D eigenvalue weighted by molar-refractivity contribution is 7.93. The van der Waals surface area contributed by atoms with Gasteiger partial charge in [-0.3, -0.25) is 9.44 Å². The molecule has 0 unspecified atom stereocenters. The third kappa shape index (κ3) is 11.9. The molecule has 7 aromatic rings. The average molecular weight is 881 g/mol. The summed E-state index contributed by atoms with van der Waals surface area (Å²) in [6.45, 7) is 0. The lowest BCUT2D eigenvalue weighted by Gasteiger charge is -2.12. The summed E-state index contributed by atoms with van der Waals surface area (Å²) in [7, 11) is -7.96. The molecule has 0 spiro atoms. The van der Waals surface area contributed by atoms with Crippen LogP contribution in [-0.4, -0.2) is 39.0 Å². The first-order chi connectivity index (χ1) is 29.5. The molecule has 0 fully saturated rings. The van der Waals surface area contributed by atoms with Crippen LogP contribution in [0.4, 0.5) is 24.5 Å². The van der Waals surface area contributed by atoms with Crippen molar-refractivity contribution < 1.29 is 49.8 Å². The van der Waals surface area contributed by atoms with Crippen LogP contribution in [0.2, 0.25) is 0 Å². The van der Waals surface area contributed by atoms with E-state index in [0.29, 0.717) is 42.8 Å². The van der Waals surface area contributed by atoms with Gasteiger partial charge in [0.1, 0.15) is 0 Å². The molecule has 0 aliphatic rings. The maximum Gasteiger partial charge on any atom is 0.416 e. The Balaban J connectivity index is 0.000000207. The smallest absolute Gasteiger partial charge is 0.416 e. The van der Waals surface area contributed by atoms with E-state index in [-0.39, 0.29) is 21.7 Å². The molecule has 0 amide bonds. The van der Waals surface area contributed by atoms with Gasteiger partial charge in [-0.05, 0) is 126 Å². The van der Waals surface area contributed by atoms with Gasteiger partial charge in [0.15, 0.2) is 0 Å². The van der Waals surface area contributed by atoms with Gasteiger partial charge in [0.2, 0.25) is 0 Å². The number of hydrogen-bond acceptors (Lipinski definition) is 6. The van der Waals surface area contributed by atoms with Crippen molar-refractivity contribution in [2.75, 3.05) is 9.44 Å². The molecule has 0 radical (unpaired) electrons. The van der Waals surface area contributed by atoms with Crippen molar-refractivity contribution >= 4 is 54.1 Å². The van der Waals surface area contributed by atoms with E-state index < -0.39 is 48.6 Å². The van der Waals surface area contributed by atoms with Crippen LogP contribution in [0, 0.1) is 0 Å². The van der Waals surface area contributed by atoms with E-state index in [9.17, 15) is 39.6 Å². The van der Waals surface area contributed by atoms with Crippen molar-refractivity contribution in [2.24, 2.45) is 0 Å². The van der Waals surface area contributed by atoms with Crippen LogP contribution in [0.5, 0.6) is 0 Å². The largest absolute Gasteiger partial charge is 0.478 e. The summed E-state index contributed by atoms with van der Waals surface area (Å²) in [5.41, 5.74) is 3.57. The van der Waals surface area contributed by atoms with Crippen molar-refractivity contribution in [2.45, 2.75) is 41.7 Å². The summed E-state index contributed by atoms with van der Waals surface area (Å²) in [5, 5.41) is 19.7. The van der Waals surface area contributed by atoms with Crippen LogP contribution in [-0.2, 0) is 51.9 Å². The number of carbonyl (C=O) groups is 2. The fraction of sp³-hybridized carbons (Fsp3) is 0.106. The molecular formula is C47H39F3N2O8S2. The van der Waals surface area contributed by atoms with Crippen LogP contribution >= 0.6 is 0 Å². The summed E-state index contributed by atoms with van der Waals surface area (Å²) in [4.78, 5) is 22.0. The van der Waals surface area contributed by atoms with Crippen molar-refractivity contribution in [3.8, 4) is 0 Å². The van der Waals surface area contributed by atoms with Crippen LogP contribution in [0.1, 0.15) is 48.5 Å². The summed E-state index contributed by atoms with van der Waals surface area (Å²) >= 11 is 0. The molecule has 0 aliphatic carbocycles. The van der Waals surface area contributed by atoms with Gasteiger partial charge in [-0.2, -0.15) is 13.2 Å². The monoisotopic (exact) mass is 880 g/mol. The Morgan fingerprint density at radius 3 is 1.44 bits per heavy atom. The minimum atomic E-state index is -4.65. The third-order valence-electron chi connectivity index (χ3n) is 9.62. The first kappa shape index (κ1) is 44.6. The highest BCUT2D eigenvalue weighted by Crippen LogP contribution is 2.31. The second-order valence-electron chi connectivity index (χ2n) is 14.1. The normalized spacial score (nSPS) is 11.6. The number of sulfonamides is 2. The van der Waals surface area contributed by atoms with Crippen LogP contribution < -0.4 is 9.44 Å². The number of fused-ring (bicyclic) bond motifs is 1. The minimum Gasteiger partial charge on any atom is -0.478 e. The van der Waals surface area contributed by atoms with Gasteiger partial charge in [-0.15, -0.1) is 0 Å². The number of anilines is 2. The number of alkyl halides is 3. The first-order valence-corrected chi connectivity index (χ1v) is 22.0. The van der Waals surface area contributed by atoms with Crippen LogP contribution in [0.3, 0.4) is 0 Å². The van der Waals surface area contributed by atoms with E-state index in [2.05, 4.69) is 9.44 Å². The highest BCUT2D eigenvalue weighted by atomic mass is 32.2. The number of nitrogens with one attached hydrogen (secondary N) is 2. The number of halogens is 3. The molecule has 0 atom stereocenters. The van der Waals surface area contributed by atoms with Gasteiger partial charge in [0.25, 0.3) is 20.0 Å². The van der Waals surface area contributed by atoms with Gasteiger partial charge in [-0.1, -0.05) is 91.0 Å². The van der Waals surface area contributed by atoms with Gasteiger partial charge < -0.3 is 10.2 Å². The molecule has 7 aromatic carbocycles. The van der Waals surface area contributed by atoms with E-state index in [0.717, 1.165) is 45.8 Å². The molecule has 7 rings (SSSR count). The van der Waals surface area contributed by atoms with Crippen molar-refractivity contribution in [3.05, 3.63) is 203 Å². The van der Waals surface area contributed by atoms with E-state index in [1.807, 2.05) is 48.5 Å². The van der Waals surface area contributed by atoms with Gasteiger partial charge >= 0.3 is 18.1 Å². The second-order valence-corrected chi connectivity index (χ2v) is 17.5. The Hall–Kier alpha value is -6.97. The topological polar surface area (TPSA) is 167 Å². The predicted octanol–water partition coefficient (Wildman–Crippen LogP) is 10.1. The van der Waals surface area contributed by atoms with Gasteiger partial charge in [0.05, 0.1) is 26.5 Å². The zero-order valence-corrected chi connectivity index (χ0v) is 34.3. The fourth-order valence-electron chi connectivity index (χ4n) is 6.57. The first-order valence-electron chi connectivity index (χ1n) is 19.0. The molecule has 0 bridgehead atoms. The molecule has 4 N–H and O–H groups in total. The molecule has 0 aliphatic heterocycles. The molecule has 62 heavy (non-hydrogen) atoms. The summed E-state index contributed by atoms with van der Waals surface area (Å²) in [6, 6.07) is 43.2. The maximum absolute atomic E-state index is 13.0. The summed E-state index contributed by atoms with van der Waals surface area (Å²) in [6.07, 6.45) is -2.29. The Kier molecular flexibility index (Phi) is 13.8. The number of aryl methyl sites for hydroxylation is 4. The van der Waals surface area contributed by atoms with Gasteiger partial charge in [-0.25, -0.2) is 26.4 Å². The number of carboxylic acid groups (broad SMARTS) is 2. The predicted molar refractivity (Wildman–Crippen MR) is 232 cm³/mol. The lowest BCUT2D eigenvalue weighted by molar-refractivity contribution is -0.137. The molecule has 15 heteroatoms. The Labute approximate surface area is 356 Å². The van der Waals surface area contributed by atoms with Crippen molar-refractivity contribution in [1.29, 1.82) is 0 Å². The lowest BCUT2D eigenvalue weighted by Crippen LogP contribution is -2.14. The minimum absolute atomic E-state index is 0.181. The van der Waals surface area contributed by atoms with E-state index in [1.54, 1.807) is 78.9 Å². The van der Waals surface area contributed by atoms with Crippen molar-refractivity contribution in [1.82, 2.24) is 0 Å². The zero-order valence-electron chi connectivity index (χ0n) is 32.7. The quantitative estimate of drug-likeness (QED) is 0.0838. The van der Waals surface area contributed by atoms with E-state index >= 15 is 0 Å². The molecule has 0 saturated heterocycles. The van der Waals surface area contributed by atoms with Crippen molar-refractivity contribution in [3.63, 3.8) is 0 Å².